The Morgan fingerprint density at radius 1 is 1.12 bits per heavy atom. The number of anilines is 1. The molecular formula is C32H38ClN5O5. The topological polar surface area (TPSA) is 127 Å². The zero-order chi connectivity index (χ0) is 31.1. The van der Waals surface area contributed by atoms with E-state index in [2.05, 4.69) is 23.4 Å². The van der Waals surface area contributed by atoms with Crippen molar-refractivity contribution in [3.8, 4) is 17.2 Å². The summed E-state index contributed by atoms with van der Waals surface area (Å²) in [5, 5.41) is 17.7. The van der Waals surface area contributed by atoms with Gasteiger partial charge in [-0.05, 0) is 75.9 Å². The van der Waals surface area contributed by atoms with E-state index in [0.717, 1.165) is 30.4 Å². The van der Waals surface area contributed by atoms with E-state index in [-0.39, 0.29) is 24.9 Å². The molecule has 0 spiro atoms. The fraction of sp³-hybridized carbons (Fsp3) is 0.469. The standard InChI is InChI=1S/C32H38ClN5O5/c1-5-6-7-8-16-42-31(41)38-27-14-12-22(24-17-21(19-34)11-13-26(24)33)18-25(27)28(36-38)35-29(39)23-10-9-15-37(20-23)30(40)43-32(2,3)4/h11-14,17-18,23H,5-10,15-16,20H2,1-4H3,(H,35,36,39)/t23-/m1/s1. The number of benzene rings is 2. The molecule has 1 fully saturated rings. The molecule has 11 heteroatoms. The van der Waals surface area contributed by atoms with Gasteiger partial charge in [0.1, 0.15) is 5.60 Å². The maximum Gasteiger partial charge on any atom is 0.435 e. The van der Waals surface area contributed by atoms with Crippen LogP contribution in [0.3, 0.4) is 0 Å². The lowest BCUT2D eigenvalue weighted by Crippen LogP contribution is -2.45. The number of aromatic nitrogens is 2. The monoisotopic (exact) mass is 607 g/mol. The smallest absolute Gasteiger partial charge is 0.435 e. The third kappa shape index (κ3) is 8.05. The summed E-state index contributed by atoms with van der Waals surface area (Å²) in [5.41, 5.74) is 1.57. The highest BCUT2D eigenvalue weighted by atomic mass is 35.5. The summed E-state index contributed by atoms with van der Waals surface area (Å²) in [5.74, 6) is -0.619. The van der Waals surface area contributed by atoms with Crippen molar-refractivity contribution in [2.24, 2.45) is 5.92 Å². The van der Waals surface area contributed by atoms with Gasteiger partial charge in [-0.3, -0.25) is 4.79 Å². The van der Waals surface area contributed by atoms with Crippen LogP contribution in [0.25, 0.3) is 22.0 Å². The van der Waals surface area contributed by atoms with Gasteiger partial charge in [0, 0.05) is 29.1 Å². The lowest BCUT2D eigenvalue weighted by molar-refractivity contribution is -0.121. The minimum absolute atomic E-state index is 0.187. The summed E-state index contributed by atoms with van der Waals surface area (Å²) >= 11 is 6.48. The second kappa shape index (κ2) is 13.9. The fourth-order valence-corrected chi connectivity index (χ4v) is 5.21. The number of nitriles is 1. The molecule has 2 amide bonds. The van der Waals surface area contributed by atoms with Crippen LogP contribution in [0.1, 0.15) is 71.8 Å². The van der Waals surface area contributed by atoms with E-state index in [9.17, 15) is 19.6 Å². The zero-order valence-corrected chi connectivity index (χ0v) is 25.9. The molecule has 4 rings (SSSR count). The van der Waals surface area contributed by atoms with Crippen LogP contribution in [0, 0.1) is 17.2 Å². The first-order chi connectivity index (χ1) is 20.5. The maximum atomic E-state index is 13.5. The molecular weight excluding hydrogens is 570 g/mol. The Kier molecular flexibility index (Phi) is 10.3. The van der Waals surface area contributed by atoms with Crippen molar-refractivity contribution in [2.75, 3.05) is 25.0 Å². The van der Waals surface area contributed by atoms with Gasteiger partial charge in [0.15, 0.2) is 5.82 Å². The summed E-state index contributed by atoms with van der Waals surface area (Å²) in [6.07, 6.45) is 3.97. The number of hydrogen-bond acceptors (Lipinski definition) is 7. The van der Waals surface area contributed by atoms with E-state index >= 15 is 0 Å². The molecule has 1 N–H and O–H groups in total. The second-order valence-corrected chi connectivity index (χ2v) is 12.1. The van der Waals surface area contributed by atoms with Gasteiger partial charge in [0.05, 0.1) is 29.7 Å². The molecule has 1 atom stereocenters. The molecule has 10 nitrogen and oxygen atoms in total. The average molecular weight is 608 g/mol. The molecule has 43 heavy (non-hydrogen) atoms. The number of hydrogen-bond donors (Lipinski definition) is 1. The van der Waals surface area contributed by atoms with E-state index in [1.165, 1.54) is 0 Å². The van der Waals surface area contributed by atoms with Crippen molar-refractivity contribution in [3.63, 3.8) is 0 Å². The third-order valence-electron chi connectivity index (χ3n) is 7.17. The van der Waals surface area contributed by atoms with Crippen LogP contribution in [-0.2, 0) is 14.3 Å². The highest BCUT2D eigenvalue weighted by molar-refractivity contribution is 6.33. The lowest BCUT2D eigenvalue weighted by Gasteiger charge is -2.33. The molecule has 2 aromatic carbocycles. The molecule has 0 unspecified atom stereocenters. The summed E-state index contributed by atoms with van der Waals surface area (Å²) in [4.78, 5) is 40.8. The Morgan fingerprint density at radius 3 is 2.63 bits per heavy atom. The first-order valence-electron chi connectivity index (χ1n) is 14.7. The van der Waals surface area contributed by atoms with Crippen molar-refractivity contribution in [3.05, 3.63) is 47.0 Å². The Hall–Kier alpha value is -4.10. The number of rotatable bonds is 8. The number of nitrogens with one attached hydrogen (secondary N) is 1. The summed E-state index contributed by atoms with van der Waals surface area (Å²) in [6.45, 7) is 8.49. The van der Waals surface area contributed by atoms with Gasteiger partial charge in [-0.2, -0.15) is 9.94 Å². The predicted molar refractivity (Wildman–Crippen MR) is 165 cm³/mol. The van der Waals surface area contributed by atoms with Crippen LogP contribution in [0.5, 0.6) is 0 Å². The number of likely N-dealkylation sites (tertiary alicyclic amines) is 1. The molecule has 1 aliphatic rings. The predicted octanol–water partition coefficient (Wildman–Crippen LogP) is 7.38. The fourth-order valence-electron chi connectivity index (χ4n) is 4.98. The van der Waals surface area contributed by atoms with Gasteiger partial charge in [0.25, 0.3) is 0 Å². The molecule has 1 aromatic heterocycles. The summed E-state index contributed by atoms with van der Waals surface area (Å²) < 4.78 is 12.1. The number of unbranched alkanes of at least 4 members (excludes halogenated alkanes) is 3. The minimum Gasteiger partial charge on any atom is -0.448 e. The third-order valence-corrected chi connectivity index (χ3v) is 7.50. The van der Waals surface area contributed by atoms with Crippen molar-refractivity contribution in [2.45, 2.75) is 71.8 Å². The van der Waals surface area contributed by atoms with Crippen molar-refractivity contribution in [1.82, 2.24) is 14.7 Å². The number of halogens is 1. The number of ether oxygens (including phenoxy) is 2. The van der Waals surface area contributed by atoms with E-state index in [1.54, 1.807) is 62.1 Å². The van der Waals surface area contributed by atoms with Crippen LogP contribution in [0.2, 0.25) is 5.02 Å². The van der Waals surface area contributed by atoms with Gasteiger partial charge in [-0.1, -0.05) is 43.9 Å². The highest BCUT2D eigenvalue weighted by Gasteiger charge is 2.32. The normalized spacial score (nSPS) is 15.2. The molecule has 3 aromatic rings. The highest BCUT2D eigenvalue weighted by Crippen LogP contribution is 2.34. The van der Waals surface area contributed by atoms with Gasteiger partial charge >= 0.3 is 12.2 Å². The summed E-state index contributed by atoms with van der Waals surface area (Å²) in [6, 6.07) is 12.4. The molecule has 1 saturated heterocycles. The largest absolute Gasteiger partial charge is 0.448 e. The first-order valence-corrected chi connectivity index (χ1v) is 15.1. The maximum absolute atomic E-state index is 13.5. The molecule has 0 saturated carbocycles. The van der Waals surface area contributed by atoms with E-state index < -0.39 is 23.7 Å². The number of carbonyl (C=O) groups is 3. The van der Waals surface area contributed by atoms with Crippen LogP contribution in [0.4, 0.5) is 15.4 Å². The van der Waals surface area contributed by atoms with Crippen LogP contribution in [-0.4, -0.2) is 58.1 Å². The Bertz CT molecular complexity index is 1540. The van der Waals surface area contributed by atoms with E-state index in [0.29, 0.717) is 52.0 Å². The van der Waals surface area contributed by atoms with Gasteiger partial charge in [-0.25, -0.2) is 9.59 Å². The van der Waals surface area contributed by atoms with Crippen LogP contribution in [0.15, 0.2) is 36.4 Å². The van der Waals surface area contributed by atoms with Gasteiger partial charge in [0.2, 0.25) is 5.91 Å². The number of fused-ring (bicyclic) bond motifs is 1. The molecule has 0 aliphatic carbocycles. The quantitative estimate of drug-likeness (QED) is 0.265. The van der Waals surface area contributed by atoms with Gasteiger partial charge < -0.3 is 19.7 Å². The van der Waals surface area contributed by atoms with Crippen LogP contribution < -0.4 is 5.32 Å². The second-order valence-electron chi connectivity index (χ2n) is 11.7. The van der Waals surface area contributed by atoms with E-state index in [4.69, 9.17) is 21.1 Å². The van der Waals surface area contributed by atoms with E-state index in [1.807, 2.05) is 0 Å². The average Bonchev–Trinajstić information content (AvgIpc) is 3.34. The molecule has 0 bridgehead atoms. The molecule has 1 aliphatic heterocycles. The Morgan fingerprint density at radius 2 is 1.91 bits per heavy atom. The SMILES string of the molecule is CCCCCCOC(=O)n1nc(NC(=O)[C@@H]2CCCN(C(=O)OC(C)(C)C)C2)c2cc(-c3cc(C#N)ccc3Cl)ccc21. The number of amides is 2. The number of carbonyl (C=O) groups excluding carboxylic acids is 3. The number of nitrogens with zero attached hydrogens (tertiary/aromatic N) is 4. The van der Waals surface area contributed by atoms with Crippen molar-refractivity contribution in [1.29, 1.82) is 5.26 Å². The molecule has 2 heterocycles. The van der Waals surface area contributed by atoms with Crippen molar-refractivity contribution >= 4 is 46.4 Å². The molecule has 228 valence electrons. The molecule has 0 radical (unpaired) electrons. The van der Waals surface area contributed by atoms with Gasteiger partial charge in [-0.15, -0.1) is 5.10 Å². The minimum atomic E-state index is -0.645. The first kappa shape index (κ1) is 31.8. The summed E-state index contributed by atoms with van der Waals surface area (Å²) in [7, 11) is 0. The Balaban J connectivity index is 1.63. The van der Waals surface area contributed by atoms with Crippen molar-refractivity contribution < 1.29 is 23.9 Å². The number of piperidine rings is 1. The lowest BCUT2D eigenvalue weighted by atomic mass is 9.97. The Labute approximate surface area is 256 Å². The zero-order valence-electron chi connectivity index (χ0n) is 25.1. The van der Waals surface area contributed by atoms with Crippen LogP contribution >= 0.6 is 11.6 Å².